The fraction of sp³-hybridized carbons (Fsp3) is 0.250. The van der Waals surface area contributed by atoms with Crippen LogP contribution in [0.5, 0.6) is 11.5 Å². The topological polar surface area (TPSA) is 121 Å². The molecule has 1 atom stereocenters. The van der Waals surface area contributed by atoms with Crippen LogP contribution in [0.1, 0.15) is 22.7 Å². The first kappa shape index (κ1) is 33.4. The number of hydrogen-bond acceptors (Lipinski definition) is 4. The molecule has 0 aliphatic heterocycles. The fourth-order valence-corrected chi connectivity index (χ4v) is 4.73. The average Bonchev–Trinajstić information content (AvgIpc) is 2.50. The van der Waals surface area contributed by atoms with Crippen LogP contribution in [0.2, 0.25) is 0 Å². The second kappa shape index (κ2) is 15.9. The van der Waals surface area contributed by atoms with Gasteiger partial charge in [-0.3, -0.25) is 9.12 Å². The third-order valence-electron chi connectivity index (χ3n) is 3.51. The number of rotatable bonds is 8. The molecule has 0 unspecified atom stereocenters. The van der Waals surface area contributed by atoms with Crippen molar-refractivity contribution in [3.8, 4) is 11.5 Å². The van der Waals surface area contributed by atoms with Crippen molar-refractivity contribution in [2.24, 2.45) is 0 Å². The van der Waals surface area contributed by atoms with Gasteiger partial charge in [0.05, 0.1) is 0 Å². The SMILES string of the molecule is O=P(O)(O)[C@@H](CCCc1cccc(Oc2ccccc2)c1)S(=O)(=O)O.[H-].[H-].[H-].[K+].[K+].[K+]. The van der Waals surface area contributed by atoms with Gasteiger partial charge in [-0.25, -0.2) is 0 Å². The van der Waals surface area contributed by atoms with Gasteiger partial charge in [-0.2, -0.15) is 8.42 Å². The summed E-state index contributed by atoms with van der Waals surface area (Å²) in [7, 11) is -9.75. The van der Waals surface area contributed by atoms with Gasteiger partial charge < -0.3 is 18.8 Å². The smallest absolute Gasteiger partial charge is 1.00 e. The largest absolute Gasteiger partial charge is 1.00 e. The van der Waals surface area contributed by atoms with Crippen molar-refractivity contribution in [3.63, 3.8) is 0 Å². The minimum Gasteiger partial charge on any atom is -1.00 e. The van der Waals surface area contributed by atoms with E-state index in [4.69, 9.17) is 19.1 Å². The number of hydrogen-bond donors (Lipinski definition) is 3. The zero-order chi connectivity index (χ0) is 18.5. The maximum atomic E-state index is 11.2. The molecular weight excluding hydrogens is 485 g/mol. The summed E-state index contributed by atoms with van der Waals surface area (Å²) in [5, 5.41) is 0. The van der Waals surface area contributed by atoms with E-state index < -0.39 is 22.7 Å². The van der Waals surface area contributed by atoms with Gasteiger partial charge in [-0.1, -0.05) is 30.3 Å². The van der Waals surface area contributed by atoms with E-state index in [1.54, 1.807) is 24.3 Å². The molecule has 28 heavy (non-hydrogen) atoms. The van der Waals surface area contributed by atoms with Crippen LogP contribution in [0.25, 0.3) is 0 Å². The second-order valence-corrected chi connectivity index (χ2v) is 9.26. The molecule has 0 fully saturated rings. The van der Waals surface area contributed by atoms with Gasteiger partial charge >= 0.3 is 162 Å². The van der Waals surface area contributed by atoms with Crippen molar-refractivity contribution in [1.82, 2.24) is 0 Å². The molecule has 0 aliphatic carbocycles. The molecule has 2 rings (SSSR count). The molecule has 12 heteroatoms. The first-order valence-corrected chi connectivity index (χ1v) is 10.7. The third kappa shape index (κ3) is 12.4. The summed E-state index contributed by atoms with van der Waals surface area (Å²) in [6, 6.07) is 16.3. The average molecular weight is 507 g/mol. The third-order valence-corrected chi connectivity index (χ3v) is 7.07. The zero-order valence-electron chi connectivity index (χ0n) is 19.2. The Balaban J connectivity index is -0.000000376. The first-order chi connectivity index (χ1) is 11.7. The zero-order valence-corrected chi connectivity index (χ0v) is 27.3. The second-order valence-electron chi connectivity index (χ2n) is 5.51. The van der Waals surface area contributed by atoms with Crippen LogP contribution in [-0.4, -0.2) is 27.7 Å². The maximum absolute atomic E-state index is 11.2. The fourth-order valence-electron chi connectivity index (χ4n) is 2.36. The van der Waals surface area contributed by atoms with Gasteiger partial charge in [0.1, 0.15) is 11.5 Å². The summed E-state index contributed by atoms with van der Waals surface area (Å²) in [5.41, 5.74) is 0.827. The predicted octanol–water partition coefficient (Wildman–Crippen LogP) is -5.46. The van der Waals surface area contributed by atoms with Crippen molar-refractivity contribution >= 4 is 17.7 Å². The Labute approximate surface area is 297 Å². The van der Waals surface area contributed by atoms with Crippen molar-refractivity contribution < 1.29 is 190 Å². The molecule has 3 N–H and O–H groups in total. The number of benzene rings is 2. The van der Waals surface area contributed by atoms with Crippen molar-refractivity contribution in [1.29, 1.82) is 0 Å². The summed E-state index contributed by atoms with van der Waals surface area (Å²) in [6.45, 7) is 0. The van der Waals surface area contributed by atoms with Crippen LogP contribution in [0.3, 0.4) is 0 Å². The molecular formula is C16H22K3O7PS. The Bertz CT molecular complexity index is 874. The molecule has 0 saturated heterocycles. The van der Waals surface area contributed by atoms with Gasteiger partial charge in [0.15, 0.2) is 4.99 Å². The number of para-hydroxylation sites is 1. The Morgan fingerprint density at radius 3 is 2.07 bits per heavy atom. The number of aryl methyl sites for hydroxylation is 1. The van der Waals surface area contributed by atoms with Crippen LogP contribution < -0.4 is 159 Å². The van der Waals surface area contributed by atoms with Crippen molar-refractivity contribution in [2.75, 3.05) is 0 Å². The van der Waals surface area contributed by atoms with Gasteiger partial charge in [0, 0.05) is 0 Å². The molecule has 0 aliphatic rings. The van der Waals surface area contributed by atoms with Crippen LogP contribution in [0.4, 0.5) is 0 Å². The Hall–Kier alpha value is 3.21. The van der Waals surface area contributed by atoms with Crippen LogP contribution in [0, 0.1) is 0 Å². The Morgan fingerprint density at radius 1 is 0.964 bits per heavy atom. The van der Waals surface area contributed by atoms with E-state index in [1.165, 1.54) is 0 Å². The molecule has 0 spiro atoms. The molecule has 0 radical (unpaired) electrons. The van der Waals surface area contributed by atoms with E-state index in [1.807, 2.05) is 30.3 Å². The molecule has 0 amide bonds. The molecule has 142 valence electrons. The van der Waals surface area contributed by atoms with Gasteiger partial charge in [-0.15, -0.1) is 0 Å². The standard InChI is InChI=1S/C16H19O7PS.3K.3H/c17-24(18,19)16(25(20,21)22)11-5-7-13-6-4-10-15(12-13)23-14-8-2-1-3-9-14;;;;;;/h1-4,6,8-10,12,16H,5,7,11H2,(H2,17,18,19)(H,20,21,22);;;;;;/q;3*+1;3*-1/t16-;;;;;;/m1....../s1. The Kier molecular flexibility index (Phi) is 19.0. The Morgan fingerprint density at radius 2 is 1.54 bits per heavy atom. The molecule has 2 aromatic carbocycles. The minimum absolute atomic E-state index is 0. The predicted molar refractivity (Wildman–Crippen MR) is 96.6 cm³/mol. The van der Waals surface area contributed by atoms with Crippen molar-refractivity contribution in [2.45, 2.75) is 24.3 Å². The first-order valence-electron chi connectivity index (χ1n) is 7.49. The summed E-state index contributed by atoms with van der Waals surface area (Å²) >= 11 is 0. The van der Waals surface area contributed by atoms with E-state index in [-0.39, 0.29) is 171 Å². The van der Waals surface area contributed by atoms with Crippen LogP contribution in [-0.2, 0) is 21.1 Å². The van der Waals surface area contributed by atoms with Gasteiger partial charge in [0.25, 0.3) is 10.1 Å². The minimum atomic E-state index is -4.94. The number of ether oxygens (including phenoxy) is 1. The normalized spacial score (nSPS) is 12.0. The maximum Gasteiger partial charge on any atom is 1.00 e. The van der Waals surface area contributed by atoms with E-state index >= 15 is 0 Å². The van der Waals surface area contributed by atoms with E-state index in [9.17, 15) is 13.0 Å². The van der Waals surface area contributed by atoms with Gasteiger partial charge in [0.2, 0.25) is 0 Å². The van der Waals surface area contributed by atoms with E-state index in [0.717, 1.165) is 5.56 Å². The molecule has 0 aromatic heterocycles. The molecule has 2 aromatic rings. The summed E-state index contributed by atoms with van der Waals surface area (Å²) < 4.78 is 48.1. The van der Waals surface area contributed by atoms with E-state index in [0.29, 0.717) is 17.9 Å². The van der Waals surface area contributed by atoms with Crippen LogP contribution >= 0.6 is 7.60 Å². The van der Waals surface area contributed by atoms with Crippen LogP contribution in [0.15, 0.2) is 54.6 Å². The molecule has 0 saturated carbocycles. The molecule has 0 bridgehead atoms. The van der Waals surface area contributed by atoms with Crippen molar-refractivity contribution in [3.05, 3.63) is 60.2 Å². The quantitative estimate of drug-likeness (QED) is 0.186. The summed E-state index contributed by atoms with van der Waals surface area (Å²) in [4.78, 5) is 16.0. The monoisotopic (exact) mass is 506 g/mol. The molecule has 7 nitrogen and oxygen atoms in total. The van der Waals surface area contributed by atoms with Gasteiger partial charge in [-0.05, 0) is 49.1 Å². The summed E-state index contributed by atoms with van der Waals surface area (Å²) in [6.07, 6.45) is 0.231. The summed E-state index contributed by atoms with van der Waals surface area (Å²) in [5.74, 6) is 1.28. The van der Waals surface area contributed by atoms with E-state index in [2.05, 4.69) is 0 Å². The molecule has 0 heterocycles.